The Bertz CT molecular complexity index is 1520. The summed E-state index contributed by atoms with van der Waals surface area (Å²) >= 11 is 2.38. The smallest absolute Gasteiger partial charge is 0.240 e. The van der Waals surface area contributed by atoms with E-state index in [4.69, 9.17) is 19.7 Å². The Morgan fingerprint density at radius 3 is 2.72 bits per heavy atom. The maximum Gasteiger partial charge on any atom is 0.240 e. The molecule has 4 aromatic rings. The predicted molar refractivity (Wildman–Crippen MR) is 165 cm³/mol. The predicted octanol–water partition coefficient (Wildman–Crippen LogP) is 4.48. The molecule has 3 aromatic heterocycles. The van der Waals surface area contributed by atoms with Crippen LogP contribution in [0.4, 0.5) is 0 Å². The summed E-state index contributed by atoms with van der Waals surface area (Å²) in [6, 6.07) is 6.48. The van der Waals surface area contributed by atoms with E-state index in [2.05, 4.69) is 86.1 Å². The molecule has 39 heavy (non-hydrogen) atoms. The molecule has 1 saturated heterocycles. The van der Waals surface area contributed by atoms with Gasteiger partial charge in [0, 0.05) is 32.6 Å². The molecule has 1 aromatic carbocycles. The fourth-order valence-electron chi connectivity index (χ4n) is 5.47. The van der Waals surface area contributed by atoms with Crippen LogP contribution in [0, 0.1) is 0 Å². The van der Waals surface area contributed by atoms with Crippen LogP contribution in [0.25, 0.3) is 34.2 Å². The van der Waals surface area contributed by atoms with Gasteiger partial charge in [0.25, 0.3) is 0 Å². The number of likely N-dealkylation sites (N-methyl/N-ethyl adjacent to an activating group) is 1. The molecule has 1 fully saturated rings. The highest BCUT2D eigenvalue weighted by Crippen LogP contribution is 2.37. The molecule has 0 radical (unpaired) electrons. The molecule has 0 saturated carbocycles. The van der Waals surface area contributed by atoms with Crippen molar-refractivity contribution >= 4 is 51.5 Å². The Hall–Kier alpha value is -2.47. The zero-order valence-electron chi connectivity index (χ0n) is 22.7. The average Bonchev–Trinajstić information content (AvgIpc) is 3.55. The van der Waals surface area contributed by atoms with Crippen LogP contribution in [0.1, 0.15) is 36.7 Å². The molecular formula is C27H34IN8O2P. The van der Waals surface area contributed by atoms with Crippen LogP contribution in [-0.2, 0) is 20.6 Å². The lowest BCUT2D eigenvalue weighted by Gasteiger charge is -2.23. The van der Waals surface area contributed by atoms with Gasteiger partial charge >= 0.3 is 0 Å². The number of hydrogen-bond acceptors (Lipinski definition) is 7. The van der Waals surface area contributed by atoms with Gasteiger partial charge in [-0.2, -0.15) is 10.2 Å². The van der Waals surface area contributed by atoms with Crippen LogP contribution in [0.15, 0.2) is 24.4 Å². The highest BCUT2D eigenvalue weighted by molar-refractivity contribution is 14.2. The van der Waals surface area contributed by atoms with Gasteiger partial charge in [0.05, 0.1) is 40.6 Å². The van der Waals surface area contributed by atoms with Crippen molar-refractivity contribution in [1.82, 2.24) is 39.3 Å². The van der Waals surface area contributed by atoms with Crippen molar-refractivity contribution in [2.45, 2.75) is 38.5 Å². The Kier molecular flexibility index (Phi) is 7.67. The first-order valence-electron chi connectivity index (χ1n) is 13.3. The first kappa shape index (κ1) is 26.7. The zero-order valence-corrected chi connectivity index (χ0v) is 25.8. The molecular weight excluding hydrogens is 626 g/mol. The first-order chi connectivity index (χ1) is 18.9. The molecule has 1 N–H and O–H groups in total. The zero-order chi connectivity index (χ0) is 27.1. The number of piperidine rings is 1. The largest absolute Gasteiger partial charge is 0.473 e. The second-order valence-electron chi connectivity index (χ2n) is 10.4. The Morgan fingerprint density at radius 1 is 1.10 bits per heavy atom. The average molecular weight is 661 g/mol. The summed E-state index contributed by atoms with van der Waals surface area (Å²) in [6.07, 6.45) is 8.70. The number of benzene rings is 1. The fraction of sp³-hybridized carbons (Fsp3) is 0.444. The lowest BCUT2D eigenvalue weighted by atomic mass is 10.0. The molecule has 12 heteroatoms. The number of nitrogens with one attached hydrogen (secondary N) is 1. The fourth-order valence-corrected chi connectivity index (χ4v) is 7.01. The quantitative estimate of drug-likeness (QED) is 0.257. The van der Waals surface area contributed by atoms with E-state index >= 15 is 0 Å². The maximum atomic E-state index is 6.51. The normalized spacial score (nSPS) is 20.1. The molecule has 0 aliphatic carbocycles. The molecule has 0 amide bonds. The Morgan fingerprint density at radius 2 is 1.92 bits per heavy atom. The molecule has 2 atom stereocenters. The summed E-state index contributed by atoms with van der Waals surface area (Å²) in [5.74, 6) is 1.46. The van der Waals surface area contributed by atoms with Crippen LogP contribution in [0.3, 0.4) is 0 Å². The number of aryl methyl sites for hydroxylation is 2. The van der Waals surface area contributed by atoms with Crippen molar-refractivity contribution in [3.05, 3.63) is 41.3 Å². The number of hydrogen-bond donors (Lipinski definition) is 1. The van der Waals surface area contributed by atoms with E-state index < -0.39 is 0 Å². The molecule has 6 rings (SSSR count). The second-order valence-corrected chi connectivity index (χ2v) is 12.5. The van der Waals surface area contributed by atoms with Gasteiger partial charge in [-0.3, -0.25) is 9.58 Å². The third-order valence-electron chi connectivity index (χ3n) is 7.43. The Labute approximate surface area is 243 Å². The van der Waals surface area contributed by atoms with E-state index in [0.717, 1.165) is 77.3 Å². The van der Waals surface area contributed by atoms with E-state index in [1.54, 1.807) is 0 Å². The van der Waals surface area contributed by atoms with Gasteiger partial charge in [-0.25, -0.2) is 9.13 Å². The summed E-state index contributed by atoms with van der Waals surface area (Å²) in [4.78, 5) is 2.27. The lowest BCUT2D eigenvalue weighted by Crippen LogP contribution is -2.34. The molecule has 10 nitrogen and oxygen atoms in total. The maximum absolute atomic E-state index is 6.51. The van der Waals surface area contributed by atoms with E-state index in [1.165, 1.54) is 0 Å². The lowest BCUT2D eigenvalue weighted by molar-refractivity contribution is 0.147. The van der Waals surface area contributed by atoms with Crippen LogP contribution in [-0.4, -0.2) is 72.9 Å². The topological polar surface area (TPSA) is 87.2 Å². The summed E-state index contributed by atoms with van der Waals surface area (Å²) in [6.45, 7) is 5.49. The minimum atomic E-state index is -0.0470. The molecule has 2 bridgehead atoms. The van der Waals surface area contributed by atoms with Crippen LogP contribution in [0.5, 0.6) is 11.8 Å². The Balaban J connectivity index is 1.50. The SMILES string of the molecule is CC1CN(C)Cc2c(c(OC3CCNCC3)nn2C)/C=C/c2nn(PI)c3ccc(cc23)-c2cnn(C)c2O1. The van der Waals surface area contributed by atoms with Gasteiger partial charge in [0.1, 0.15) is 12.2 Å². The number of fused-ring (bicyclic) bond motifs is 4. The number of halogens is 1. The van der Waals surface area contributed by atoms with E-state index in [-0.39, 0.29) is 12.2 Å². The number of ether oxygens (including phenoxy) is 2. The monoisotopic (exact) mass is 660 g/mol. The van der Waals surface area contributed by atoms with Gasteiger partial charge < -0.3 is 14.8 Å². The van der Waals surface area contributed by atoms with Crippen molar-refractivity contribution in [3.8, 4) is 22.9 Å². The van der Waals surface area contributed by atoms with Crippen LogP contribution >= 0.6 is 28.4 Å². The minimum absolute atomic E-state index is 0.0470. The molecule has 2 unspecified atom stereocenters. The van der Waals surface area contributed by atoms with E-state index in [0.29, 0.717) is 18.8 Å². The van der Waals surface area contributed by atoms with Gasteiger partial charge in [-0.1, -0.05) is 6.07 Å². The summed E-state index contributed by atoms with van der Waals surface area (Å²) in [7, 11) is 6.04. The molecule has 2 aliphatic rings. The standard InChI is InChI=1S/C27H34IN8O2P/c1-17-15-33(2)16-25-20(26(32-34(25)3)38-19-9-11-29-12-10-19)6-7-23-21-13-18(5-8-24(21)36(31-23)39-28)22-14-30-35(4)27(22)37-17/h5-8,13-14,17,19,29,39H,9-12,15-16H2,1-4H3/b7-6+. The van der Waals surface area contributed by atoms with Gasteiger partial charge in [-0.15, -0.1) is 5.10 Å². The van der Waals surface area contributed by atoms with Crippen molar-refractivity contribution in [1.29, 1.82) is 0 Å². The van der Waals surface area contributed by atoms with Gasteiger partial charge in [0.2, 0.25) is 11.8 Å². The first-order valence-corrected chi connectivity index (χ1v) is 17.4. The highest BCUT2D eigenvalue weighted by atomic mass is 127. The molecule has 2 aliphatic heterocycles. The summed E-state index contributed by atoms with van der Waals surface area (Å²) < 4.78 is 18.8. The minimum Gasteiger partial charge on any atom is -0.473 e. The van der Waals surface area contributed by atoms with Gasteiger partial charge in [0.15, 0.2) is 0 Å². The van der Waals surface area contributed by atoms with E-state index in [9.17, 15) is 0 Å². The molecule has 5 heterocycles. The number of rotatable bonds is 3. The van der Waals surface area contributed by atoms with Crippen molar-refractivity contribution < 1.29 is 9.47 Å². The van der Waals surface area contributed by atoms with Crippen molar-refractivity contribution in [2.75, 3.05) is 26.7 Å². The molecule has 206 valence electrons. The summed E-state index contributed by atoms with van der Waals surface area (Å²) in [5, 5.41) is 18.8. The number of aromatic nitrogens is 6. The number of nitrogens with zero attached hydrogens (tertiary/aromatic N) is 7. The van der Waals surface area contributed by atoms with Crippen molar-refractivity contribution in [2.24, 2.45) is 14.1 Å². The van der Waals surface area contributed by atoms with E-state index in [1.807, 2.05) is 29.7 Å². The highest BCUT2D eigenvalue weighted by Gasteiger charge is 2.24. The van der Waals surface area contributed by atoms with Crippen molar-refractivity contribution in [3.63, 3.8) is 0 Å². The van der Waals surface area contributed by atoms with Crippen LogP contribution in [0.2, 0.25) is 0 Å². The van der Waals surface area contributed by atoms with Crippen LogP contribution < -0.4 is 14.8 Å². The third kappa shape index (κ3) is 5.33. The second kappa shape index (κ2) is 11.2. The third-order valence-corrected chi connectivity index (χ3v) is 9.30. The van der Waals surface area contributed by atoms with Gasteiger partial charge in [-0.05, 0) is 91.8 Å². The molecule has 0 spiro atoms. The summed E-state index contributed by atoms with van der Waals surface area (Å²) in [5.41, 5.74) is 6.17.